The molecular formula is C14H10N6. The maximum Gasteiger partial charge on any atom is 0.115 e. The van der Waals surface area contributed by atoms with Gasteiger partial charge in [-0.15, -0.1) is 10.2 Å². The van der Waals surface area contributed by atoms with Gasteiger partial charge < -0.3 is 0 Å². The summed E-state index contributed by atoms with van der Waals surface area (Å²) in [6, 6.07) is 17.3. The van der Waals surface area contributed by atoms with E-state index in [0.717, 1.165) is 21.9 Å². The summed E-state index contributed by atoms with van der Waals surface area (Å²) in [5.74, 6) is 0. The van der Waals surface area contributed by atoms with Crippen molar-refractivity contribution < 1.29 is 0 Å². The molecule has 0 aliphatic heterocycles. The van der Waals surface area contributed by atoms with E-state index in [0.29, 0.717) is 0 Å². The molecule has 20 heavy (non-hydrogen) atoms. The van der Waals surface area contributed by atoms with Gasteiger partial charge in [-0.2, -0.15) is 10.2 Å². The highest BCUT2D eigenvalue weighted by atomic mass is 15.4. The lowest BCUT2D eigenvalue weighted by molar-refractivity contribution is 0.797. The second kappa shape index (κ2) is 5.75. The van der Waals surface area contributed by atoms with Crippen LogP contribution in [0.1, 0.15) is 0 Å². The van der Waals surface area contributed by atoms with Crippen LogP contribution >= 0.6 is 0 Å². The summed E-state index contributed by atoms with van der Waals surface area (Å²) < 4.78 is 0. The lowest BCUT2D eigenvalue weighted by Crippen LogP contribution is -1.90. The Labute approximate surface area is 114 Å². The molecule has 0 amide bonds. The van der Waals surface area contributed by atoms with E-state index in [1.54, 1.807) is 6.20 Å². The summed E-state index contributed by atoms with van der Waals surface area (Å²) in [7, 11) is 0. The average Bonchev–Trinajstić information content (AvgIpc) is 2.56. The highest BCUT2D eigenvalue weighted by Gasteiger charge is 1.91. The van der Waals surface area contributed by atoms with Crippen molar-refractivity contribution in [1.29, 1.82) is 0 Å². The van der Waals surface area contributed by atoms with E-state index in [2.05, 4.69) is 30.8 Å². The van der Waals surface area contributed by atoms with E-state index in [4.69, 9.17) is 0 Å². The Bertz CT molecular complexity index is 631. The first-order valence-electron chi connectivity index (χ1n) is 6.01. The van der Waals surface area contributed by atoms with Crippen molar-refractivity contribution in [3.8, 4) is 0 Å². The molecule has 2 heterocycles. The number of rotatable bonds is 0. The van der Waals surface area contributed by atoms with E-state index in [9.17, 15) is 0 Å². The molecule has 0 unspecified atom stereocenters. The number of nitrogens with zero attached hydrogens (tertiary/aromatic N) is 6. The summed E-state index contributed by atoms with van der Waals surface area (Å²) in [6.07, 6.45) is 1.70. The van der Waals surface area contributed by atoms with Gasteiger partial charge in [0.05, 0.1) is 11.7 Å². The second-order valence-electron chi connectivity index (χ2n) is 3.96. The van der Waals surface area contributed by atoms with E-state index >= 15 is 0 Å². The average molecular weight is 262 g/mol. The molecule has 0 saturated carbocycles. The first kappa shape index (κ1) is 12.0. The Morgan fingerprint density at radius 3 is 1.80 bits per heavy atom. The van der Waals surface area contributed by atoms with Crippen molar-refractivity contribution >= 4 is 21.9 Å². The molecule has 0 radical (unpaired) electrons. The fraction of sp³-hybridized carbons (Fsp3) is 0. The van der Waals surface area contributed by atoms with E-state index in [-0.39, 0.29) is 0 Å². The van der Waals surface area contributed by atoms with Crippen molar-refractivity contribution in [1.82, 2.24) is 30.8 Å². The highest BCUT2D eigenvalue weighted by molar-refractivity contribution is 5.77. The molecule has 0 bridgehead atoms. The molecular weight excluding hydrogens is 252 g/mol. The summed E-state index contributed by atoms with van der Waals surface area (Å²) in [4.78, 5) is 0. The molecule has 0 saturated heterocycles. The van der Waals surface area contributed by atoms with E-state index in [1.807, 2.05) is 54.6 Å². The standard InChI is InChI=1S/C8H6N2.C6H4N4/c1-2-4-8-7(3-1)5-6-9-10-8;1-2-4-6-5(3-1)7-9-10-8-6/h1-6H;1-4H. The third-order valence-electron chi connectivity index (χ3n) is 2.65. The van der Waals surface area contributed by atoms with Gasteiger partial charge in [-0.3, -0.25) is 0 Å². The Hall–Kier alpha value is -3.02. The quantitative estimate of drug-likeness (QED) is 0.482. The molecule has 0 atom stereocenters. The lowest BCUT2D eigenvalue weighted by atomic mass is 10.2. The van der Waals surface area contributed by atoms with Crippen LogP contribution < -0.4 is 0 Å². The molecule has 6 nitrogen and oxygen atoms in total. The topological polar surface area (TPSA) is 77.3 Å². The fourth-order valence-corrected chi connectivity index (χ4v) is 1.70. The molecule has 0 spiro atoms. The zero-order valence-electron chi connectivity index (χ0n) is 10.5. The molecule has 96 valence electrons. The van der Waals surface area contributed by atoms with Crippen molar-refractivity contribution in [3.05, 3.63) is 60.8 Å². The van der Waals surface area contributed by atoms with E-state index < -0.39 is 0 Å². The van der Waals surface area contributed by atoms with Gasteiger partial charge in [0.25, 0.3) is 0 Å². The van der Waals surface area contributed by atoms with Gasteiger partial charge in [-0.25, -0.2) is 0 Å². The van der Waals surface area contributed by atoms with Crippen LogP contribution in [0.15, 0.2) is 60.8 Å². The molecule has 0 aliphatic carbocycles. The summed E-state index contributed by atoms with van der Waals surface area (Å²) in [5.41, 5.74) is 2.50. The second-order valence-corrected chi connectivity index (χ2v) is 3.96. The van der Waals surface area contributed by atoms with Crippen molar-refractivity contribution in [3.63, 3.8) is 0 Å². The summed E-state index contributed by atoms with van der Waals surface area (Å²) >= 11 is 0. The lowest BCUT2D eigenvalue weighted by Gasteiger charge is -1.90. The molecule has 0 N–H and O–H groups in total. The van der Waals surface area contributed by atoms with Gasteiger partial charge in [0.2, 0.25) is 0 Å². The summed E-state index contributed by atoms with van der Waals surface area (Å²) in [6.45, 7) is 0. The summed E-state index contributed by atoms with van der Waals surface area (Å²) in [5, 5.41) is 23.1. The van der Waals surface area contributed by atoms with Crippen molar-refractivity contribution in [2.75, 3.05) is 0 Å². The van der Waals surface area contributed by atoms with Gasteiger partial charge in [-0.1, -0.05) is 30.3 Å². The number of hydrogen-bond donors (Lipinski definition) is 0. The fourth-order valence-electron chi connectivity index (χ4n) is 1.70. The van der Waals surface area contributed by atoms with Crippen LogP contribution in [0.4, 0.5) is 0 Å². The van der Waals surface area contributed by atoms with Crippen LogP contribution in [-0.2, 0) is 0 Å². The predicted molar refractivity (Wildman–Crippen MR) is 74.7 cm³/mol. The number of aromatic nitrogens is 6. The zero-order chi connectivity index (χ0) is 13.6. The van der Waals surface area contributed by atoms with Gasteiger partial charge >= 0.3 is 0 Å². The third kappa shape index (κ3) is 2.69. The van der Waals surface area contributed by atoms with Crippen LogP contribution in [0.3, 0.4) is 0 Å². The Morgan fingerprint density at radius 1 is 0.550 bits per heavy atom. The molecule has 2 aromatic heterocycles. The molecule has 4 rings (SSSR count). The Balaban J connectivity index is 0.000000121. The molecule has 4 aromatic rings. The van der Waals surface area contributed by atoms with Crippen LogP contribution in [0.5, 0.6) is 0 Å². The minimum Gasteiger partial charge on any atom is -0.159 e. The number of benzene rings is 2. The monoisotopic (exact) mass is 262 g/mol. The minimum absolute atomic E-state index is 0.775. The normalized spacial score (nSPS) is 10.0. The van der Waals surface area contributed by atoms with Crippen LogP contribution in [0.25, 0.3) is 21.9 Å². The van der Waals surface area contributed by atoms with Gasteiger partial charge in [0.15, 0.2) is 0 Å². The number of fused-ring (bicyclic) bond motifs is 2. The first-order chi connectivity index (χ1) is 9.93. The molecule has 0 aliphatic rings. The van der Waals surface area contributed by atoms with Gasteiger partial charge in [0.1, 0.15) is 11.0 Å². The third-order valence-corrected chi connectivity index (χ3v) is 2.65. The minimum atomic E-state index is 0.775. The first-order valence-corrected chi connectivity index (χ1v) is 6.01. The van der Waals surface area contributed by atoms with Gasteiger partial charge in [-0.05, 0) is 34.7 Å². The Morgan fingerprint density at radius 2 is 1.15 bits per heavy atom. The molecule has 0 fully saturated rings. The molecule has 2 aromatic carbocycles. The van der Waals surface area contributed by atoms with Crippen molar-refractivity contribution in [2.45, 2.75) is 0 Å². The Kier molecular flexibility index (Phi) is 3.46. The zero-order valence-corrected chi connectivity index (χ0v) is 10.5. The van der Waals surface area contributed by atoms with Crippen LogP contribution in [0, 0.1) is 0 Å². The largest absolute Gasteiger partial charge is 0.159 e. The maximum atomic E-state index is 3.93. The predicted octanol–water partition coefficient (Wildman–Crippen LogP) is 2.05. The van der Waals surface area contributed by atoms with Crippen LogP contribution in [0.2, 0.25) is 0 Å². The van der Waals surface area contributed by atoms with E-state index in [1.165, 1.54) is 0 Å². The SMILES string of the molecule is c1ccc2nnccc2c1.c1ccc2nnnnc2c1. The van der Waals surface area contributed by atoms with Crippen LogP contribution in [-0.4, -0.2) is 30.8 Å². The molecule has 6 heteroatoms. The highest BCUT2D eigenvalue weighted by Crippen LogP contribution is 2.06. The maximum absolute atomic E-state index is 3.93. The smallest absolute Gasteiger partial charge is 0.115 e. The number of hydrogen-bond acceptors (Lipinski definition) is 6. The van der Waals surface area contributed by atoms with Crippen molar-refractivity contribution in [2.24, 2.45) is 0 Å². The van der Waals surface area contributed by atoms with Gasteiger partial charge in [0, 0.05) is 5.39 Å².